The third-order valence-corrected chi connectivity index (χ3v) is 10.6. The van der Waals surface area contributed by atoms with Crippen LogP contribution in [0.4, 0.5) is 0 Å². The van der Waals surface area contributed by atoms with E-state index < -0.39 is 25.3 Å². The summed E-state index contributed by atoms with van der Waals surface area (Å²) in [6.45, 7) is 16.9. The largest absolute Gasteiger partial charge is 0.462 e. The Balaban J connectivity index is 2.72. The molecular weight excluding hydrogens is 438 g/mol. The normalized spacial score (nSPS) is 13.6. The summed E-state index contributed by atoms with van der Waals surface area (Å²) in [5.41, 5.74) is -1.31. The second-order valence-corrected chi connectivity index (χ2v) is 14.6. The number of aromatic amines is 1. The maximum absolute atomic E-state index is 12.9. The van der Waals surface area contributed by atoms with Crippen LogP contribution < -0.4 is 11.0 Å². The van der Waals surface area contributed by atoms with Crippen molar-refractivity contribution in [3.8, 4) is 0 Å². The molecule has 0 aromatic carbocycles. The van der Waals surface area contributed by atoms with Gasteiger partial charge in [-0.25, -0.2) is 9.78 Å². The monoisotopic (exact) mass is 469 g/mol. The van der Waals surface area contributed by atoms with E-state index in [1.54, 1.807) is 11.5 Å². The van der Waals surface area contributed by atoms with Gasteiger partial charge in [0.05, 0.1) is 19.3 Å². The molecule has 10 heteroatoms. The Kier molecular flexibility index (Phi) is 7.55. The number of hydrogen-bond donors (Lipinski definition) is 1. The minimum Gasteiger partial charge on any atom is -0.462 e. The molecular formula is C21H32ClN3O5Si. The number of halogens is 1. The fraction of sp³-hybridized carbons (Fsp3) is 0.619. The van der Waals surface area contributed by atoms with Crippen LogP contribution in [0.3, 0.4) is 0 Å². The first kappa shape index (κ1) is 25.3. The molecule has 2 aromatic heterocycles. The lowest BCUT2D eigenvalue weighted by atomic mass is 10.0. The molecule has 0 unspecified atom stereocenters. The molecule has 2 heterocycles. The summed E-state index contributed by atoms with van der Waals surface area (Å²) in [7, 11) is -2.07. The molecule has 0 saturated heterocycles. The molecule has 0 radical (unpaired) electrons. The highest BCUT2D eigenvalue weighted by Crippen LogP contribution is 2.37. The lowest BCUT2D eigenvalue weighted by molar-refractivity contribution is 0.0523. The summed E-state index contributed by atoms with van der Waals surface area (Å²) in [6, 6.07) is -0.274. The minimum atomic E-state index is -2.07. The average Bonchev–Trinajstić information content (AvgIpc) is 2.64. The van der Waals surface area contributed by atoms with Crippen molar-refractivity contribution in [1.82, 2.24) is 14.5 Å². The van der Waals surface area contributed by atoms with Crippen molar-refractivity contribution in [3.63, 3.8) is 0 Å². The summed E-state index contributed by atoms with van der Waals surface area (Å²) >= 11 is 5.88. The number of fused-ring (bicyclic) bond motifs is 1. The van der Waals surface area contributed by atoms with Crippen LogP contribution in [0, 0.1) is 5.92 Å². The summed E-state index contributed by atoms with van der Waals surface area (Å²) in [5, 5.41) is -0.352. The van der Waals surface area contributed by atoms with Gasteiger partial charge < -0.3 is 18.7 Å². The number of nitrogens with zero attached hydrogens (tertiary/aromatic N) is 2. The number of rotatable bonds is 7. The van der Waals surface area contributed by atoms with E-state index in [2.05, 4.69) is 43.8 Å². The van der Waals surface area contributed by atoms with Gasteiger partial charge >= 0.3 is 5.97 Å². The van der Waals surface area contributed by atoms with E-state index in [9.17, 15) is 14.4 Å². The van der Waals surface area contributed by atoms with Gasteiger partial charge in [0, 0.05) is 6.20 Å². The lowest BCUT2D eigenvalue weighted by Crippen LogP contribution is -2.43. The Morgan fingerprint density at radius 3 is 2.42 bits per heavy atom. The summed E-state index contributed by atoms with van der Waals surface area (Å²) in [4.78, 5) is 44.2. The molecule has 2 rings (SSSR count). The quantitative estimate of drug-likeness (QED) is 0.483. The second kappa shape index (κ2) is 9.26. The fourth-order valence-corrected chi connectivity index (χ4v) is 4.03. The fourth-order valence-electron chi connectivity index (χ4n) is 2.88. The molecule has 0 bridgehead atoms. The van der Waals surface area contributed by atoms with Crippen LogP contribution in [0.1, 0.15) is 57.9 Å². The van der Waals surface area contributed by atoms with Crippen LogP contribution in [-0.4, -0.2) is 42.0 Å². The highest BCUT2D eigenvalue weighted by Gasteiger charge is 2.38. The van der Waals surface area contributed by atoms with Gasteiger partial charge in [0.25, 0.3) is 5.56 Å². The number of hydrogen-bond acceptors (Lipinski definition) is 6. The van der Waals surface area contributed by atoms with Crippen molar-refractivity contribution >= 4 is 37.1 Å². The number of ether oxygens (including phenoxy) is 1. The molecule has 0 aliphatic rings. The summed E-state index contributed by atoms with van der Waals surface area (Å²) < 4.78 is 13.2. The third kappa shape index (κ3) is 5.27. The SMILES string of the molecule is CCOC(=O)c1cn([C@H](CO[Si](C)(C)C(C)(C)C)C(C)C)c2[nH]c(=O)c(Cl)nc2c1=O. The lowest BCUT2D eigenvalue weighted by Gasteiger charge is -2.38. The highest BCUT2D eigenvalue weighted by molar-refractivity contribution is 6.74. The van der Waals surface area contributed by atoms with Gasteiger partial charge in [0.2, 0.25) is 5.43 Å². The number of esters is 1. The van der Waals surface area contributed by atoms with E-state index in [1.807, 2.05) is 13.8 Å². The van der Waals surface area contributed by atoms with Gasteiger partial charge in [-0.2, -0.15) is 0 Å². The summed E-state index contributed by atoms with van der Waals surface area (Å²) in [6.07, 6.45) is 1.42. The molecule has 0 aliphatic carbocycles. The first-order valence-corrected chi connectivity index (χ1v) is 13.7. The molecule has 0 aliphatic heterocycles. The van der Waals surface area contributed by atoms with Crippen molar-refractivity contribution in [3.05, 3.63) is 37.5 Å². The van der Waals surface area contributed by atoms with Gasteiger partial charge in [-0.3, -0.25) is 9.59 Å². The summed E-state index contributed by atoms with van der Waals surface area (Å²) in [5.74, 6) is -0.690. The smallest absolute Gasteiger partial charge is 0.343 e. The van der Waals surface area contributed by atoms with Crippen LogP contribution in [0.2, 0.25) is 23.3 Å². The van der Waals surface area contributed by atoms with Crippen LogP contribution in [-0.2, 0) is 9.16 Å². The maximum atomic E-state index is 12.9. The van der Waals surface area contributed by atoms with Gasteiger partial charge in [0.15, 0.2) is 19.0 Å². The number of nitrogens with one attached hydrogen (secondary N) is 1. The van der Waals surface area contributed by atoms with Crippen molar-refractivity contribution in [2.75, 3.05) is 13.2 Å². The van der Waals surface area contributed by atoms with Gasteiger partial charge in [-0.1, -0.05) is 46.2 Å². The molecule has 31 heavy (non-hydrogen) atoms. The Labute approximate surface area is 188 Å². The number of aromatic nitrogens is 3. The predicted octanol–water partition coefficient (Wildman–Crippen LogP) is 4.13. The highest BCUT2D eigenvalue weighted by atomic mass is 35.5. The molecule has 0 amide bonds. The Morgan fingerprint density at radius 2 is 1.90 bits per heavy atom. The second-order valence-electron chi connectivity index (χ2n) is 9.44. The first-order chi connectivity index (χ1) is 14.2. The first-order valence-electron chi connectivity index (χ1n) is 10.4. The van der Waals surface area contributed by atoms with Gasteiger partial charge in [0.1, 0.15) is 11.2 Å². The molecule has 1 atom stereocenters. The molecule has 2 aromatic rings. The number of H-pyrrole nitrogens is 1. The maximum Gasteiger partial charge on any atom is 0.343 e. The molecule has 0 spiro atoms. The van der Waals surface area contributed by atoms with E-state index in [-0.39, 0.29) is 45.5 Å². The Bertz CT molecular complexity index is 1090. The van der Waals surface area contributed by atoms with Crippen molar-refractivity contribution < 1.29 is 14.0 Å². The average molecular weight is 470 g/mol. The number of pyridine rings is 1. The van der Waals surface area contributed by atoms with E-state index in [1.165, 1.54) is 6.20 Å². The van der Waals surface area contributed by atoms with E-state index in [4.69, 9.17) is 20.8 Å². The molecule has 172 valence electrons. The zero-order valence-corrected chi connectivity index (χ0v) is 21.2. The van der Waals surface area contributed by atoms with Crippen LogP contribution in [0.25, 0.3) is 11.2 Å². The van der Waals surface area contributed by atoms with Crippen LogP contribution in [0.15, 0.2) is 15.8 Å². The van der Waals surface area contributed by atoms with E-state index >= 15 is 0 Å². The molecule has 1 N–H and O–H groups in total. The topological polar surface area (TPSA) is 103 Å². The molecule has 0 saturated carbocycles. The Hall–Kier alpha value is -1.97. The van der Waals surface area contributed by atoms with Crippen molar-refractivity contribution in [1.29, 1.82) is 0 Å². The van der Waals surface area contributed by atoms with E-state index in [0.717, 1.165) is 0 Å². The van der Waals surface area contributed by atoms with Gasteiger partial charge in [-0.15, -0.1) is 0 Å². The number of carbonyl (C=O) groups excluding carboxylic acids is 1. The standard InChI is InChI=1S/C21H32ClN3O5Si/c1-9-29-20(28)13-10-25(18-15(16(13)26)23-17(22)19(27)24-18)14(12(2)3)11-30-31(7,8)21(4,5)6/h10,12,14H,9,11H2,1-8H3,(H,24,27)/t14-/m1/s1. The van der Waals surface area contributed by atoms with Gasteiger partial charge in [-0.05, 0) is 31.0 Å². The van der Waals surface area contributed by atoms with E-state index in [0.29, 0.717) is 6.61 Å². The number of carbonyl (C=O) groups is 1. The molecule has 0 fully saturated rings. The van der Waals surface area contributed by atoms with Crippen molar-refractivity contribution in [2.24, 2.45) is 5.92 Å². The zero-order chi connectivity index (χ0) is 23.7. The van der Waals surface area contributed by atoms with Crippen molar-refractivity contribution in [2.45, 2.75) is 65.7 Å². The predicted molar refractivity (Wildman–Crippen MR) is 125 cm³/mol. The Morgan fingerprint density at radius 1 is 1.29 bits per heavy atom. The minimum absolute atomic E-state index is 0.0135. The third-order valence-electron chi connectivity index (χ3n) is 5.88. The van der Waals surface area contributed by atoms with Crippen LogP contribution >= 0.6 is 11.6 Å². The van der Waals surface area contributed by atoms with Crippen LogP contribution in [0.5, 0.6) is 0 Å². The zero-order valence-electron chi connectivity index (χ0n) is 19.5. The molecule has 8 nitrogen and oxygen atoms in total.